The van der Waals surface area contributed by atoms with E-state index in [0.29, 0.717) is 0 Å². The molecule has 0 aliphatic rings. The summed E-state index contributed by atoms with van der Waals surface area (Å²) in [5.74, 6) is -3.16. The highest BCUT2D eigenvalue weighted by Crippen LogP contribution is 2.16. The van der Waals surface area contributed by atoms with Crippen LogP contribution in [-0.4, -0.2) is 26.8 Å². The summed E-state index contributed by atoms with van der Waals surface area (Å²) in [5.41, 5.74) is 4.05. The monoisotopic (exact) mass is 395 g/mol. The Labute approximate surface area is 154 Å². The van der Waals surface area contributed by atoms with E-state index < -0.39 is 38.4 Å². The van der Waals surface area contributed by atoms with Crippen LogP contribution in [0.25, 0.3) is 0 Å². The van der Waals surface area contributed by atoms with Crippen LogP contribution < -0.4 is 15.6 Å². The first-order chi connectivity index (χ1) is 12.7. The molecule has 0 saturated heterocycles. The van der Waals surface area contributed by atoms with Crippen molar-refractivity contribution in [2.24, 2.45) is 0 Å². The lowest BCUT2D eigenvalue weighted by Gasteiger charge is -2.10. The zero-order valence-electron chi connectivity index (χ0n) is 13.8. The second-order valence-electron chi connectivity index (χ2n) is 5.20. The fourth-order valence-electron chi connectivity index (χ4n) is 1.96. The van der Waals surface area contributed by atoms with Crippen LogP contribution in [0.1, 0.15) is 20.7 Å². The lowest BCUT2D eigenvalue weighted by Crippen LogP contribution is -2.41. The van der Waals surface area contributed by atoms with Crippen molar-refractivity contribution in [3.8, 4) is 0 Å². The molecule has 0 aliphatic heterocycles. The number of sulfonamides is 1. The largest absolute Gasteiger partial charge is 0.269 e. The number of benzene rings is 2. The first kappa shape index (κ1) is 20.2. The molecule has 2 aromatic carbocycles. The van der Waals surface area contributed by atoms with E-state index in [1.54, 1.807) is 0 Å². The molecule has 0 saturated carbocycles. The lowest BCUT2D eigenvalue weighted by molar-refractivity contribution is 0.0846. The number of halogens is 2. The molecule has 0 spiro atoms. The number of amides is 2. The second kappa shape index (κ2) is 8.52. The Bertz CT molecular complexity index is 976. The molecule has 2 aromatic rings. The zero-order chi connectivity index (χ0) is 20.0. The molecule has 142 valence electrons. The number of hydrazine groups is 1. The van der Waals surface area contributed by atoms with E-state index in [1.807, 2.05) is 0 Å². The molecule has 3 N–H and O–H groups in total. The van der Waals surface area contributed by atoms with Gasteiger partial charge in [0.15, 0.2) is 0 Å². The number of nitrogens with one attached hydrogen (secondary N) is 3. The molecular weight excluding hydrogens is 380 g/mol. The van der Waals surface area contributed by atoms with Gasteiger partial charge in [0.05, 0.1) is 0 Å². The normalized spacial score (nSPS) is 10.9. The van der Waals surface area contributed by atoms with Gasteiger partial charge in [0.1, 0.15) is 16.5 Å². The molecule has 0 bridgehead atoms. The first-order valence-electron chi connectivity index (χ1n) is 7.51. The molecule has 2 rings (SSSR count). The third kappa shape index (κ3) is 5.19. The lowest BCUT2D eigenvalue weighted by atomic mass is 10.2. The Morgan fingerprint density at radius 3 is 2.11 bits per heavy atom. The highest BCUT2D eigenvalue weighted by atomic mass is 32.2. The average molecular weight is 395 g/mol. The summed E-state index contributed by atoms with van der Waals surface area (Å²) >= 11 is 0. The topological polar surface area (TPSA) is 104 Å². The van der Waals surface area contributed by atoms with Gasteiger partial charge in [-0.3, -0.25) is 20.4 Å². The van der Waals surface area contributed by atoms with Gasteiger partial charge in [-0.15, -0.1) is 6.58 Å². The van der Waals surface area contributed by atoms with E-state index in [0.717, 1.165) is 30.3 Å². The standard InChI is InChI=1S/C17H15F2N3O4S/c1-2-9-20-27(25,26)15-10-12(5-8-14(15)19)17(24)22-21-16(23)11-3-6-13(18)7-4-11/h2-8,10,20H,1,9H2,(H,21,23)(H,22,24). The van der Waals surface area contributed by atoms with Crippen LogP contribution in [-0.2, 0) is 10.0 Å². The summed E-state index contributed by atoms with van der Waals surface area (Å²) in [4.78, 5) is 23.2. The van der Waals surface area contributed by atoms with Crippen molar-refractivity contribution in [2.45, 2.75) is 4.90 Å². The van der Waals surface area contributed by atoms with Crippen molar-refractivity contribution in [1.29, 1.82) is 0 Å². The summed E-state index contributed by atoms with van der Waals surface area (Å²) in [5, 5.41) is 0. The van der Waals surface area contributed by atoms with E-state index in [4.69, 9.17) is 0 Å². The summed E-state index contributed by atoms with van der Waals surface area (Å²) in [6.07, 6.45) is 1.27. The molecule has 0 atom stereocenters. The van der Waals surface area contributed by atoms with Crippen molar-refractivity contribution < 1.29 is 26.8 Å². The number of carbonyl (C=O) groups is 2. The van der Waals surface area contributed by atoms with Crippen LogP contribution in [0.15, 0.2) is 60.0 Å². The summed E-state index contributed by atoms with van der Waals surface area (Å²) in [6.45, 7) is 3.23. The van der Waals surface area contributed by atoms with Crippen molar-refractivity contribution in [3.05, 3.63) is 77.9 Å². The van der Waals surface area contributed by atoms with Crippen molar-refractivity contribution >= 4 is 21.8 Å². The van der Waals surface area contributed by atoms with E-state index in [9.17, 15) is 26.8 Å². The smallest absolute Gasteiger partial charge is 0.267 e. The summed E-state index contributed by atoms with van der Waals surface area (Å²) < 4.78 is 52.8. The van der Waals surface area contributed by atoms with Crippen molar-refractivity contribution in [1.82, 2.24) is 15.6 Å². The van der Waals surface area contributed by atoms with Gasteiger partial charge in [-0.05, 0) is 42.5 Å². The number of hydrogen-bond donors (Lipinski definition) is 3. The Morgan fingerprint density at radius 2 is 1.52 bits per heavy atom. The van der Waals surface area contributed by atoms with Gasteiger partial charge < -0.3 is 0 Å². The molecule has 0 aliphatic carbocycles. The third-order valence-electron chi connectivity index (χ3n) is 3.30. The summed E-state index contributed by atoms with van der Waals surface area (Å²) in [7, 11) is -4.19. The molecule has 0 aromatic heterocycles. The molecule has 0 radical (unpaired) electrons. The third-order valence-corrected chi connectivity index (χ3v) is 4.74. The molecule has 0 fully saturated rings. The van der Waals surface area contributed by atoms with Crippen LogP contribution >= 0.6 is 0 Å². The SMILES string of the molecule is C=CCNS(=O)(=O)c1cc(C(=O)NNC(=O)c2ccc(F)cc2)ccc1F. The second-order valence-corrected chi connectivity index (χ2v) is 6.94. The maximum atomic E-state index is 13.8. The van der Waals surface area contributed by atoms with Gasteiger partial charge >= 0.3 is 0 Å². The minimum atomic E-state index is -4.19. The first-order valence-corrected chi connectivity index (χ1v) is 8.99. The zero-order valence-corrected chi connectivity index (χ0v) is 14.6. The van der Waals surface area contributed by atoms with E-state index in [2.05, 4.69) is 22.2 Å². The Morgan fingerprint density at radius 1 is 0.963 bits per heavy atom. The minimum absolute atomic E-state index is 0.0905. The number of carbonyl (C=O) groups excluding carboxylic acids is 2. The van der Waals surface area contributed by atoms with Gasteiger partial charge in [-0.1, -0.05) is 6.08 Å². The van der Waals surface area contributed by atoms with Crippen LogP contribution in [0.4, 0.5) is 8.78 Å². The fraction of sp³-hybridized carbons (Fsp3) is 0.0588. The van der Waals surface area contributed by atoms with Gasteiger partial charge in [-0.25, -0.2) is 21.9 Å². The van der Waals surface area contributed by atoms with Crippen LogP contribution in [0.2, 0.25) is 0 Å². The predicted octanol–water partition coefficient (Wildman–Crippen LogP) is 1.50. The molecule has 0 unspecified atom stereocenters. The molecule has 7 nitrogen and oxygen atoms in total. The molecule has 2 amide bonds. The van der Waals surface area contributed by atoms with Crippen LogP contribution in [0, 0.1) is 11.6 Å². The van der Waals surface area contributed by atoms with Crippen LogP contribution in [0.3, 0.4) is 0 Å². The highest BCUT2D eigenvalue weighted by molar-refractivity contribution is 7.89. The van der Waals surface area contributed by atoms with E-state index in [1.165, 1.54) is 18.2 Å². The maximum absolute atomic E-state index is 13.8. The average Bonchev–Trinajstić information content (AvgIpc) is 2.65. The van der Waals surface area contributed by atoms with Crippen LogP contribution in [0.5, 0.6) is 0 Å². The number of rotatable bonds is 6. The maximum Gasteiger partial charge on any atom is 0.269 e. The van der Waals surface area contributed by atoms with Crippen molar-refractivity contribution in [2.75, 3.05) is 6.54 Å². The highest BCUT2D eigenvalue weighted by Gasteiger charge is 2.20. The molecule has 27 heavy (non-hydrogen) atoms. The van der Waals surface area contributed by atoms with Gasteiger partial charge in [0.2, 0.25) is 10.0 Å². The van der Waals surface area contributed by atoms with Gasteiger partial charge in [0, 0.05) is 17.7 Å². The van der Waals surface area contributed by atoms with Gasteiger partial charge in [-0.2, -0.15) is 0 Å². The quantitative estimate of drug-likeness (QED) is 0.509. The minimum Gasteiger partial charge on any atom is -0.267 e. The van der Waals surface area contributed by atoms with Gasteiger partial charge in [0.25, 0.3) is 11.8 Å². The van der Waals surface area contributed by atoms with E-state index >= 15 is 0 Å². The molecule has 0 heterocycles. The van der Waals surface area contributed by atoms with Crippen molar-refractivity contribution in [3.63, 3.8) is 0 Å². The molecular formula is C17H15F2N3O4S. The Hall–Kier alpha value is -3.11. The summed E-state index contributed by atoms with van der Waals surface area (Å²) in [6, 6.07) is 7.28. The fourth-order valence-corrected chi connectivity index (χ4v) is 3.06. The Balaban J connectivity index is 2.12. The Kier molecular flexibility index (Phi) is 6.37. The molecule has 10 heteroatoms. The van der Waals surface area contributed by atoms with E-state index in [-0.39, 0.29) is 17.7 Å². The predicted molar refractivity (Wildman–Crippen MR) is 93.1 cm³/mol. The number of hydrogen-bond acceptors (Lipinski definition) is 4.